The molecular formula is C20H21N3O4S. The molecule has 0 fully saturated rings. The Kier molecular flexibility index (Phi) is 4.80. The minimum atomic E-state index is -0.0771. The summed E-state index contributed by atoms with van der Waals surface area (Å²) >= 11 is 1.50. The number of carbonyl (C=O) groups is 1. The third-order valence-electron chi connectivity index (χ3n) is 5.13. The van der Waals surface area contributed by atoms with Gasteiger partial charge in [0.05, 0.1) is 44.6 Å². The number of thiophene rings is 1. The standard InChI is InChI=1S/C20H21N3O4S/c1-12(24)22-8-7-13-17(10-22)28-19-18(13)20(25)23(11-21-19)9-14-15(26-2)5-4-6-16(14)27-3/h4-6,11H,7-10H2,1-3H3. The predicted octanol–water partition coefficient (Wildman–Crippen LogP) is 2.43. The van der Waals surface area contributed by atoms with E-state index in [4.69, 9.17) is 9.47 Å². The third kappa shape index (κ3) is 3.03. The molecule has 1 aliphatic heterocycles. The molecule has 1 aliphatic rings. The molecule has 0 saturated heterocycles. The van der Waals surface area contributed by atoms with Gasteiger partial charge in [-0.2, -0.15) is 0 Å². The average Bonchev–Trinajstić information content (AvgIpc) is 3.08. The van der Waals surface area contributed by atoms with Gasteiger partial charge in [-0.15, -0.1) is 11.3 Å². The lowest BCUT2D eigenvalue weighted by molar-refractivity contribution is -0.129. The maximum absolute atomic E-state index is 13.2. The minimum Gasteiger partial charge on any atom is -0.496 e. The summed E-state index contributed by atoms with van der Waals surface area (Å²) in [6.45, 7) is 3.05. The number of benzene rings is 1. The molecule has 3 aromatic rings. The zero-order chi connectivity index (χ0) is 19.8. The lowest BCUT2D eigenvalue weighted by atomic mass is 10.1. The second kappa shape index (κ2) is 7.27. The Labute approximate surface area is 166 Å². The predicted molar refractivity (Wildman–Crippen MR) is 107 cm³/mol. The first-order chi connectivity index (χ1) is 13.5. The monoisotopic (exact) mass is 399 g/mol. The van der Waals surface area contributed by atoms with E-state index in [1.807, 2.05) is 18.2 Å². The quantitative estimate of drug-likeness (QED) is 0.674. The summed E-state index contributed by atoms with van der Waals surface area (Å²) in [5.41, 5.74) is 1.74. The van der Waals surface area contributed by atoms with Crippen LogP contribution in [-0.4, -0.2) is 41.1 Å². The number of aromatic nitrogens is 2. The van der Waals surface area contributed by atoms with E-state index in [1.165, 1.54) is 11.3 Å². The molecule has 7 nitrogen and oxygen atoms in total. The highest BCUT2D eigenvalue weighted by atomic mass is 32.1. The number of rotatable bonds is 4. The summed E-state index contributed by atoms with van der Waals surface area (Å²) in [7, 11) is 3.19. The molecule has 0 saturated carbocycles. The molecule has 1 amide bonds. The summed E-state index contributed by atoms with van der Waals surface area (Å²) in [6, 6.07) is 5.54. The summed E-state index contributed by atoms with van der Waals surface area (Å²) in [6.07, 6.45) is 2.25. The van der Waals surface area contributed by atoms with Crippen LogP contribution in [0.15, 0.2) is 29.3 Å². The molecule has 0 unspecified atom stereocenters. The normalized spacial score (nSPS) is 13.5. The van der Waals surface area contributed by atoms with Crippen LogP contribution in [0.2, 0.25) is 0 Å². The van der Waals surface area contributed by atoms with E-state index >= 15 is 0 Å². The highest BCUT2D eigenvalue weighted by Gasteiger charge is 2.25. The van der Waals surface area contributed by atoms with Crippen molar-refractivity contribution in [3.63, 3.8) is 0 Å². The van der Waals surface area contributed by atoms with Crippen LogP contribution < -0.4 is 15.0 Å². The smallest absolute Gasteiger partial charge is 0.262 e. The lowest BCUT2D eigenvalue weighted by Crippen LogP contribution is -2.34. The SMILES string of the molecule is COc1cccc(OC)c1Cn1cnc2sc3c(c2c1=O)CCN(C(C)=O)C3. The molecule has 0 spiro atoms. The summed E-state index contributed by atoms with van der Waals surface area (Å²) in [5, 5.41) is 0.666. The first-order valence-electron chi connectivity index (χ1n) is 8.98. The van der Waals surface area contributed by atoms with Crippen LogP contribution in [0.5, 0.6) is 11.5 Å². The van der Waals surface area contributed by atoms with Gasteiger partial charge < -0.3 is 14.4 Å². The Morgan fingerprint density at radius 2 is 1.96 bits per heavy atom. The fraction of sp³-hybridized carbons (Fsp3) is 0.350. The molecule has 3 heterocycles. The van der Waals surface area contributed by atoms with Gasteiger partial charge in [0.2, 0.25) is 5.91 Å². The minimum absolute atomic E-state index is 0.0525. The lowest BCUT2D eigenvalue weighted by Gasteiger charge is -2.25. The van der Waals surface area contributed by atoms with Gasteiger partial charge in [-0.25, -0.2) is 4.98 Å². The van der Waals surface area contributed by atoms with E-state index < -0.39 is 0 Å². The van der Waals surface area contributed by atoms with Crippen molar-refractivity contribution in [3.05, 3.63) is 50.9 Å². The number of carbonyl (C=O) groups excluding carboxylic acids is 1. The fourth-order valence-corrected chi connectivity index (χ4v) is 4.85. The molecule has 0 atom stereocenters. The highest BCUT2D eigenvalue weighted by molar-refractivity contribution is 7.18. The van der Waals surface area contributed by atoms with Crippen LogP contribution >= 0.6 is 11.3 Å². The van der Waals surface area contributed by atoms with Gasteiger partial charge in [-0.05, 0) is 24.1 Å². The molecular weight excluding hydrogens is 378 g/mol. The van der Waals surface area contributed by atoms with Crippen molar-refractivity contribution >= 4 is 27.5 Å². The molecule has 0 aliphatic carbocycles. The topological polar surface area (TPSA) is 73.7 Å². The van der Waals surface area contributed by atoms with Gasteiger partial charge in [-0.1, -0.05) is 6.07 Å². The summed E-state index contributed by atoms with van der Waals surface area (Å²) in [4.78, 5) is 33.0. The second-order valence-corrected chi connectivity index (χ2v) is 7.78. The Morgan fingerprint density at radius 3 is 2.61 bits per heavy atom. The maximum Gasteiger partial charge on any atom is 0.262 e. The highest BCUT2D eigenvalue weighted by Crippen LogP contribution is 2.33. The van der Waals surface area contributed by atoms with Gasteiger partial charge in [0, 0.05) is 18.3 Å². The molecule has 4 rings (SSSR count). The van der Waals surface area contributed by atoms with E-state index in [0.29, 0.717) is 42.9 Å². The molecule has 0 bridgehead atoms. The molecule has 2 aromatic heterocycles. The van der Waals surface area contributed by atoms with Gasteiger partial charge in [-0.3, -0.25) is 14.2 Å². The fourth-order valence-electron chi connectivity index (χ4n) is 3.65. The Morgan fingerprint density at radius 1 is 1.25 bits per heavy atom. The zero-order valence-corrected chi connectivity index (χ0v) is 16.8. The van der Waals surface area contributed by atoms with Crippen molar-refractivity contribution in [3.8, 4) is 11.5 Å². The Hall–Kier alpha value is -2.87. The van der Waals surface area contributed by atoms with Crippen LogP contribution in [0.25, 0.3) is 10.2 Å². The van der Waals surface area contributed by atoms with Crippen molar-refractivity contribution in [2.24, 2.45) is 0 Å². The van der Waals surface area contributed by atoms with Gasteiger partial charge in [0.15, 0.2) is 0 Å². The first-order valence-corrected chi connectivity index (χ1v) is 9.80. The molecule has 146 valence electrons. The van der Waals surface area contributed by atoms with E-state index in [-0.39, 0.29) is 11.5 Å². The van der Waals surface area contributed by atoms with Crippen LogP contribution in [0, 0.1) is 0 Å². The number of amides is 1. The maximum atomic E-state index is 13.2. The van der Waals surface area contributed by atoms with Crippen molar-refractivity contribution in [2.75, 3.05) is 20.8 Å². The van der Waals surface area contributed by atoms with Crippen LogP contribution in [0.1, 0.15) is 22.9 Å². The van der Waals surface area contributed by atoms with Crippen molar-refractivity contribution < 1.29 is 14.3 Å². The summed E-state index contributed by atoms with van der Waals surface area (Å²) in [5.74, 6) is 1.38. The average molecular weight is 399 g/mol. The van der Waals surface area contributed by atoms with Crippen molar-refractivity contribution in [1.82, 2.24) is 14.5 Å². The van der Waals surface area contributed by atoms with E-state index in [0.717, 1.165) is 20.8 Å². The zero-order valence-electron chi connectivity index (χ0n) is 16.0. The van der Waals surface area contributed by atoms with Crippen molar-refractivity contribution in [1.29, 1.82) is 0 Å². The number of hydrogen-bond donors (Lipinski definition) is 0. The van der Waals surface area contributed by atoms with E-state index in [1.54, 1.807) is 36.9 Å². The number of ether oxygens (including phenoxy) is 2. The van der Waals surface area contributed by atoms with Gasteiger partial charge in [0.1, 0.15) is 16.3 Å². The number of methoxy groups -OCH3 is 2. The molecule has 0 radical (unpaired) electrons. The second-order valence-electron chi connectivity index (χ2n) is 6.69. The van der Waals surface area contributed by atoms with Crippen LogP contribution in [0.3, 0.4) is 0 Å². The summed E-state index contributed by atoms with van der Waals surface area (Å²) < 4.78 is 12.5. The molecule has 1 aromatic carbocycles. The number of nitrogens with zero attached hydrogens (tertiary/aromatic N) is 3. The number of hydrogen-bond acceptors (Lipinski definition) is 6. The van der Waals surface area contributed by atoms with E-state index in [9.17, 15) is 9.59 Å². The van der Waals surface area contributed by atoms with Crippen LogP contribution in [-0.2, 0) is 24.3 Å². The Balaban J connectivity index is 1.78. The van der Waals surface area contributed by atoms with Crippen molar-refractivity contribution in [2.45, 2.75) is 26.4 Å². The molecule has 8 heteroatoms. The third-order valence-corrected chi connectivity index (χ3v) is 6.26. The molecule has 28 heavy (non-hydrogen) atoms. The van der Waals surface area contributed by atoms with Gasteiger partial charge >= 0.3 is 0 Å². The largest absolute Gasteiger partial charge is 0.496 e. The first kappa shape index (κ1) is 18.5. The van der Waals surface area contributed by atoms with Gasteiger partial charge in [0.25, 0.3) is 5.56 Å². The molecule has 0 N–H and O–H groups in total. The van der Waals surface area contributed by atoms with Crippen LogP contribution in [0.4, 0.5) is 0 Å². The number of fused-ring (bicyclic) bond motifs is 3. The van der Waals surface area contributed by atoms with E-state index in [2.05, 4.69) is 4.98 Å². The Bertz CT molecular complexity index is 1100.